The highest BCUT2D eigenvalue weighted by molar-refractivity contribution is 5.87. The van der Waals surface area contributed by atoms with Crippen molar-refractivity contribution in [1.29, 1.82) is 0 Å². The van der Waals surface area contributed by atoms with Crippen LogP contribution in [-0.4, -0.2) is 82.8 Å². The van der Waals surface area contributed by atoms with Crippen LogP contribution >= 0.6 is 0 Å². The van der Waals surface area contributed by atoms with Crippen molar-refractivity contribution in [2.24, 2.45) is 0 Å². The molecule has 9 heteroatoms. The van der Waals surface area contributed by atoms with Crippen LogP contribution in [0.2, 0.25) is 0 Å². The van der Waals surface area contributed by atoms with Gasteiger partial charge in [0.2, 0.25) is 0 Å². The maximum atomic E-state index is 12.4. The van der Waals surface area contributed by atoms with Crippen molar-refractivity contribution in [3.63, 3.8) is 0 Å². The lowest BCUT2D eigenvalue weighted by Gasteiger charge is -2.48. The summed E-state index contributed by atoms with van der Waals surface area (Å²) in [7, 11) is 1.34. The van der Waals surface area contributed by atoms with Crippen LogP contribution in [0.15, 0.2) is 18.0 Å². The number of ether oxygens (including phenoxy) is 2. The predicted molar refractivity (Wildman–Crippen MR) is 126 cm³/mol. The molecule has 1 aromatic rings. The Bertz CT molecular complexity index is 903. The van der Waals surface area contributed by atoms with Crippen LogP contribution in [0.4, 0.5) is 10.6 Å². The summed E-state index contributed by atoms with van der Waals surface area (Å²) in [5, 5.41) is 0. The summed E-state index contributed by atoms with van der Waals surface area (Å²) in [4.78, 5) is 39.7. The van der Waals surface area contributed by atoms with Crippen molar-refractivity contribution in [3.05, 3.63) is 29.4 Å². The Kier molecular flexibility index (Phi) is 7.49. The van der Waals surface area contributed by atoms with Gasteiger partial charge in [0.25, 0.3) is 0 Å². The van der Waals surface area contributed by atoms with Crippen molar-refractivity contribution in [1.82, 2.24) is 19.8 Å². The van der Waals surface area contributed by atoms with E-state index in [4.69, 9.17) is 9.47 Å². The molecule has 0 radical (unpaired) electrons. The number of carbonyl (C=O) groups excluding carboxylic acids is 2. The summed E-state index contributed by atoms with van der Waals surface area (Å²) in [6.45, 7) is 14.8. The maximum absolute atomic E-state index is 12.4. The van der Waals surface area contributed by atoms with Crippen LogP contribution < -0.4 is 4.90 Å². The van der Waals surface area contributed by atoms with E-state index in [9.17, 15) is 9.59 Å². The first kappa shape index (κ1) is 24.8. The van der Waals surface area contributed by atoms with E-state index in [0.717, 1.165) is 31.7 Å². The second-order valence-electron chi connectivity index (χ2n) is 9.76. The van der Waals surface area contributed by atoms with Gasteiger partial charge in [-0.05, 0) is 54.4 Å². The fraction of sp³-hybridized carbons (Fsp3) is 0.667. The Labute approximate surface area is 196 Å². The number of hydrogen-bond donors (Lipinski definition) is 0. The maximum Gasteiger partial charge on any atom is 0.410 e. The van der Waals surface area contributed by atoms with Crippen LogP contribution in [-0.2, 0) is 9.47 Å². The quantitative estimate of drug-likeness (QED) is 0.636. The number of piperazine rings is 1. The molecule has 3 rings (SSSR count). The van der Waals surface area contributed by atoms with Gasteiger partial charge in [-0.15, -0.1) is 0 Å². The van der Waals surface area contributed by atoms with Crippen molar-refractivity contribution in [2.45, 2.75) is 72.1 Å². The summed E-state index contributed by atoms with van der Waals surface area (Å²) in [6.07, 6.45) is 5.24. The van der Waals surface area contributed by atoms with Gasteiger partial charge in [-0.3, -0.25) is 0 Å². The molecule has 0 unspecified atom stereocenters. The van der Waals surface area contributed by atoms with Crippen molar-refractivity contribution < 1.29 is 19.1 Å². The third-order valence-electron chi connectivity index (χ3n) is 6.17. The predicted octanol–water partition coefficient (Wildman–Crippen LogP) is 3.39. The van der Waals surface area contributed by atoms with Crippen molar-refractivity contribution in [2.75, 3.05) is 38.2 Å². The van der Waals surface area contributed by atoms with Gasteiger partial charge in [0.05, 0.1) is 25.5 Å². The number of allylic oxidation sites excluding steroid dienone is 1. The lowest BCUT2D eigenvalue weighted by Crippen LogP contribution is -2.56. The second-order valence-corrected chi connectivity index (χ2v) is 9.76. The van der Waals surface area contributed by atoms with E-state index in [1.807, 2.05) is 32.6 Å². The zero-order valence-electron chi connectivity index (χ0n) is 20.9. The zero-order valence-corrected chi connectivity index (χ0v) is 20.9. The van der Waals surface area contributed by atoms with Gasteiger partial charge in [-0.25, -0.2) is 19.6 Å². The first-order valence-corrected chi connectivity index (χ1v) is 11.6. The van der Waals surface area contributed by atoms with Crippen molar-refractivity contribution >= 4 is 17.9 Å². The molecular weight excluding hydrogens is 422 g/mol. The van der Waals surface area contributed by atoms with Gasteiger partial charge in [-0.2, -0.15) is 0 Å². The minimum Gasteiger partial charge on any atom is -0.464 e. The molecule has 0 saturated carbocycles. The summed E-state index contributed by atoms with van der Waals surface area (Å²) in [5.74, 6) is 0.302. The summed E-state index contributed by atoms with van der Waals surface area (Å²) in [5.41, 5.74) is 1.68. The average molecular weight is 460 g/mol. The fourth-order valence-electron chi connectivity index (χ4n) is 4.49. The second kappa shape index (κ2) is 9.97. The van der Waals surface area contributed by atoms with E-state index in [0.29, 0.717) is 24.8 Å². The summed E-state index contributed by atoms with van der Waals surface area (Å²) >= 11 is 0. The number of aromatic nitrogens is 2. The molecule has 0 N–H and O–H groups in total. The lowest BCUT2D eigenvalue weighted by atomic mass is 9.99. The standard InChI is InChI=1S/C24H37N5O4/c1-8-18-15-28(21-17(3)26-20(13-25-21)22(30)32-7)16(2)14-29(18)19-9-11-27(12-10-19)23(31)33-24(4,5)6/h8,13,16,19H,9-12,14-15H2,1-7H3/b18-8+/t16-/m1/s1. The minimum absolute atomic E-state index is 0.216. The Morgan fingerprint density at radius 2 is 1.85 bits per heavy atom. The van der Waals surface area contributed by atoms with Gasteiger partial charge in [0.15, 0.2) is 11.5 Å². The summed E-state index contributed by atoms with van der Waals surface area (Å²) < 4.78 is 10.3. The first-order valence-electron chi connectivity index (χ1n) is 11.6. The Morgan fingerprint density at radius 3 is 2.39 bits per heavy atom. The topological polar surface area (TPSA) is 88.1 Å². The molecule has 33 heavy (non-hydrogen) atoms. The third-order valence-corrected chi connectivity index (χ3v) is 6.17. The number of hydrogen-bond acceptors (Lipinski definition) is 8. The number of amides is 1. The normalized spacial score (nSPS) is 21.4. The van der Waals surface area contributed by atoms with E-state index in [-0.39, 0.29) is 17.8 Å². The molecule has 1 aromatic heterocycles. The fourth-order valence-corrected chi connectivity index (χ4v) is 4.49. The molecule has 0 spiro atoms. The van der Waals surface area contributed by atoms with Crippen LogP contribution in [0.25, 0.3) is 0 Å². The monoisotopic (exact) mass is 459 g/mol. The van der Waals surface area contributed by atoms with Gasteiger partial charge >= 0.3 is 12.1 Å². The smallest absolute Gasteiger partial charge is 0.410 e. The largest absolute Gasteiger partial charge is 0.464 e. The molecule has 2 fully saturated rings. The number of methoxy groups -OCH3 is 1. The Hall–Kier alpha value is -2.84. The van der Waals surface area contributed by atoms with Crippen LogP contribution in [0.3, 0.4) is 0 Å². The van der Waals surface area contributed by atoms with E-state index >= 15 is 0 Å². The average Bonchev–Trinajstić information content (AvgIpc) is 2.77. The third kappa shape index (κ3) is 5.75. The number of rotatable bonds is 3. The number of aryl methyl sites for hydroxylation is 1. The van der Waals surface area contributed by atoms with Crippen LogP contribution in [0, 0.1) is 6.92 Å². The molecule has 2 aliphatic rings. The lowest BCUT2D eigenvalue weighted by molar-refractivity contribution is 0.0153. The highest BCUT2D eigenvalue weighted by Crippen LogP contribution is 2.30. The molecule has 2 saturated heterocycles. The van der Waals surface area contributed by atoms with Gasteiger partial charge < -0.3 is 24.2 Å². The molecule has 182 valence electrons. The highest BCUT2D eigenvalue weighted by Gasteiger charge is 2.35. The van der Waals surface area contributed by atoms with E-state index in [1.165, 1.54) is 19.0 Å². The minimum atomic E-state index is -0.484. The van der Waals surface area contributed by atoms with Gasteiger partial charge in [0.1, 0.15) is 5.60 Å². The molecule has 3 heterocycles. The van der Waals surface area contributed by atoms with Gasteiger partial charge in [0, 0.05) is 37.4 Å². The molecule has 2 aliphatic heterocycles. The SMILES string of the molecule is C/C=C1\CN(c2ncc(C(=O)OC)nc2C)[C@H](C)CN1C1CCN(C(=O)OC(C)(C)C)CC1. The van der Waals surface area contributed by atoms with E-state index in [1.54, 1.807) is 0 Å². The van der Waals surface area contributed by atoms with E-state index in [2.05, 4.69) is 39.7 Å². The molecule has 9 nitrogen and oxygen atoms in total. The van der Waals surface area contributed by atoms with Gasteiger partial charge in [-0.1, -0.05) is 6.08 Å². The molecule has 0 aromatic carbocycles. The van der Waals surface area contributed by atoms with E-state index < -0.39 is 11.6 Å². The number of esters is 1. The number of carbonyl (C=O) groups is 2. The van der Waals surface area contributed by atoms with Crippen molar-refractivity contribution in [3.8, 4) is 0 Å². The first-order chi connectivity index (χ1) is 15.5. The van der Waals surface area contributed by atoms with Crippen LogP contribution in [0.5, 0.6) is 0 Å². The Balaban J connectivity index is 1.67. The Morgan fingerprint density at radius 1 is 1.18 bits per heavy atom. The molecule has 1 atom stereocenters. The molecule has 0 bridgehead atoms. The molecule has 0 aliphatic carbocycles. The molecular formula is C24H37N5O4. The number of nitrogens with zero attached hydrogens (tertiary/aromatic N) is 5. The zero-order chi connectivity index (χ0) is 24.3. The number of piperidine rings is 1. The summed E-state index contributed by atoms with van der Waals surface area (Å²) in [6, 6.07) is 0.600. The number of anilines is 1. The highest BCUT2D eigenvalue weighted by atomic mass is 16.6. The number of likely N-dealkylation sites (tertiary alicyclic amines) is 1. The molecule has 1 amide bonds. The van der Waals surface area contributed by atoms with Crippen LogP contribution in [0.1, 0.15) is 63.6 Å².